The summed E-state index contributed by atoms with van der Waals surface area (Å²) in [5.41, 5.74) is 4.35. The molecule has 3 aromatic carbocycles. The zero-order chi connectivity index (χ0) is 71.0. The number of benzene rings is 3. The highest BCUT2D eigenvalue weighted by molar-refractivity contribution is 8.14. The van der Waals surface area contributed by atoms with Gasteiger partial charge >= 0.3 is 30.6 Å². The number of nitrogens with two attached hydrogens (primary N) is 1. The first kappa shape index (κ1) is 81.7. The summed E-state index contributed by atoms with van der Waals surface area (Å²) in [6.07, 6.45) is -2.02. The van der Waals surface area contributed by atoms with Crippen molar-refractivity contribution in [1.29, 1.82) is 0 Å². The van der Waals surface area contributed by atoms with Crippen LogP contribution in [0.5, 0.6) is 0 Å². The van der Waals surface area contributed by atoms with Gasteiger partial charge in [-0.2, -0.15) is 39.5 Å². The maximum absolute atomic E-state index is 13.3. The number of carbonyl (C=O) groups is 6. The lowest BCUT2D eigenvalue weighted by atomic mass is 9.97. The van der Waals surface area contributed by atoms with E-state index in [1.54, 1.807) is 30.6 Å². The van der Waals surface area contributed by atoms with Crippen molar-refractivity contribution in [3.63, 3.8) is 0 Å². The van der Waals surface area contributed by atoms with Gasteiger partial charge in [0, 0.05) is 69.6 Å². The number of hydrogen-bond donors (Lipinski definition) is 5. The Balaban J connectivity index is 0.000000238. The number of ether oxygens (including phenoxy) is 1. The number of hydrogen-bond acceptors (Lipinski definition) is 13. The Morgan fingerprint density at radius 3 is 1.29 bits per heavy atom. The van der Waals surface area contributed by atoms with Gasteiger partial charge in [-0.15, -0.1) is 12.4 Å². The molecule has 2 aliphatic carbocycles. The number of aliphatic carboxylic acids is 1. The Bertz CT molecular complexity index is 3320. The quantitative estimate of drug-likeness (QED) is 0.0787. The summed E-state index contributed by atoms with van der Waals surface area (Å²) in [4.78, 5) is 78.3. The van der Waals surface area contributed by atoms with E-state index in [1.807, 2.05) is 0 Å². The molecular formula is C64H87Cl2F9N8O12S2. The van der Waals surface area contributed by atoms with E-state index in [9.17, 15) is 85.1 Å². The molecule has 5 atom stereocenters. The molecule has 5 saturated heterocycles. The van der Waals surface area contributed by atoms with Crippen LogP contribution in [-0.4, -0.2) is 157 Å². The van der Waals surface area contributed by atoms with Crippen molar-refractivity contribution in [1.82, 2.24) is 35.0 Å². The first-order chi connectivity index (χ1) is 44.9. The summed E-state index contributed by atoms with van der Waals surface area (Å²) in [6, 6.07) is 12.2. The molecule has 544 valence electrons. The van der Waals surface area contributed by atoms with Crippen LogP contribution in [0.25, 0.3) is 0 Å². The molecule has 7 aliphatic rings. The van der Waals surface area contributed by atoms with Gasteiger partial charge in [-0.3, -0.25) is 24.1 Å². The van der Waals surface area contributed by atoms with Crippen molar-refractivity contribution in [2.75, 3.05) is 45.8 Å². The summed E-state index contributed by atoms with van der Waals surface area (Å²) < 4.78 is 165. The number of rotatable bonds is 13. The molecule has 6 N–H and O–H groups in total. The van der Waals surface area contributed by atoms with Crippen molar-refractivity contribution in [2.45, 2.75) is 196 Å². The average molecular weight is 1470 g/mol. The summed E-state index contributed by atoms with van der Waals surface area (Å²) in [5, 5.41) is 17.0. The lowest BCUT2D eigenvalue weighted by Crippen LogP contribution is -2.52. The number of alkyl halides is 9. The molecule has 10 rings (SSSR count). The fourth-order valence-corrected chi connectivity index (χ4v) is 15.2. The van der Waals surface area contributed by atoms with Gasteiger partial charge < -0.3 is 41.3 Å². The number of piperidine rings is 2. The Kier molecular flexibility index (Phi) is 30.2. The van der Waals surface area contributed by atoms with Crippen LogP contribution in [0.4, 0.5) is 44.3 Å². The molecule has 5 heterocycles. The number of carbonyl (C=O) groups excluding carboxylic acids is 5. The molecule has 7 fully saturated rings. The van der Waals surface area contributed by atoms with Crippen molar-refractivity contribution in [3.05, 3.63) is 106 Å². The van der Waals surface area contributed by atoms with E-state index in [0.29, 0.717) is 101 Å². The second-order valence-corrected chi connectivity index (χ2v) is 30.8. The minimum Gasteiger partial charge on any atom is -0.480 e. The van der Waals surface area contributed by atoms with Crippen LogP contribution < -0.4 is 21.7 Å². The Hall–Kier alpha value is -5.99. The summed E-state index contributed by atoms with van der Waals surface area (Å²) >= 11 is 0. The Morgan fingerprint density at radius 1 is 0.546 bits per heavy atom. The summed E-state index contributed by atoms with van der Waals surface area (Å²) in [5.74, 6) is -2.27. The van der Waals surface area contributed by atoms with Crippen molar-refractivity contribution in [3.8, 4) is 0 Å². The largest absolute Gasteiger partial charge is 0.480 e. The number of nitrogens with one attached hydrogen (secondary N) is 3. The van der Waals surface area contributed by atoms with Gasteiger partial charge in [0.1, 0.15) is 23.7 Å². The summed E-state index contributed by atoms with van der Waals surface area (Å²) in [6.45, 7) is 9.38. The molecule has 0 spiro atoms. The van der Waals surface area contributed by atoms with E-state index in [1.165, 1.54) is 45.6 Å². The lowest BCUT2D eigenvalue weighted by molar-refractivity contribution is -0.142. The molecule has 0 aromatic heterocycles. The number of sulfonamides is 1. The minimum absolute atomic E-state index is 0. The Morgan fingerprint density at radius 2 is 0.938 bits per heavy atom. The monoisotopic (exact) mass is 1460 g/mol. The summed E-state index contributed by atoms with van der Waals surface area (Å²) in [7, 11) is -1.57. The molecule has 0 bridgehead atoms. The van der Waals surface area contributed by atoms with E-state index < -0.39 is 96.0 Å². The maximum atomic E-state index is 13.3. The second kappa shape index (κ2) is 35.9. The third kappa shape index (κ3) is 24.4. The molecule has 0 radical (unpaired) electrons. The average Bonchev–Trinajstić information content (AvgIpc) is 1.14. The topological polar surface area (TPSA) is 275 Å². The van der Waals surface area contributed by atoms with Crippen LogP contribution in [0.1, 0.15) is 157 Å². The number of nitrogens with zero attached hydrogens (tertiary/aromatic N) is 4. The van der Waals surface area contributed by atoms with Gasteiger partial charge in [0.2, 0.25) is 42.7 Å². The fraction of sp³-hybridized carbons (Fsp3) is 0.625. The Labute approximate surface area is 570 Å². The molecule has 33 heteroatoms. The fourth-order valence-electron chi connectivity index (χ4n) is 11.7. The molecule has 20 nitrogen and oxygen atoms in total. The van der Waals surface area contributed by atoms with Gasteiger partial charge in [-0.25, -0.2) is 30.7 Å². The van der Waals surface area contributed by atoms with E-state index in [-0.39, 0.29) is 78.6 Å². The molecule has 1 unspecified atom stereocenters. The number of likely N-dealkylation sites (tertiary alicyclic amines) is 3. The molecule has 2 saturated carbocycles. The lowest BCUT2D eigenvalue weighted by Gasteiger charge is -2.38. The van der Waals surface area contributed by atoms with Crippen LogP contribution >= 0.6 is 23.1 Å². The van der Waals surface area contributed by atoms with Crippen molar-refractivity contribution >= 4 is 77.9 Å². The highest BCUT2D eigenvalue weighted by Crippen LogP contribution is 2.35. The van der Waals surface area contributed by atoms with Gasteiger partial charge in [0.05, 0.1) is 39.0 Å². The van der Waals surface area contributed by atoms with Gasteiger partial charge in [-0.1, -0.05) is 49.2 Å². The highest BCUT2D eigenvalue weighted by atomic mass is 35.7. The predicted octanol–water partition coefficient (Wildman–Crippen LogP) is 10.4. The number of carboxylic acid groups (broad SMARTS) is 1. The predicted molar refractivity (Wildman–Crippen MR) is 345 cm³/mol. The normalized spacial score (nSPS) is 21.8. The van der Waals surface area contributed by atoms with E-state index in [0.717, 1.165) is 94.3 Å². The number of amides is 5. The van der Waals surface area contributed by atoms with Gasteiger partial charge in [0.15, 0.2) is 0 Å². The molecule has 5 amide bonds. The molecule has 3 aromatic rings. The van der Waals surface area contributed by atoms with E-state index in [2.05, 4.69) is 16.0 Å². The number of carboxylic acids is 1. The van der Waals surface area contributed by atoms with Crippen LogP contribution in [0.15, 0.2) is 72.8 Å². The van der Waals surface area contributed by atoms with Gasteiger partial charge in [0.25, 0.3) is 0 Å². The molecule has 97 heavy (non-hydrogen) atoms. The van der Waals surface area contributed by atoms with Crippen molar-refractivity contribution < 1.29 is 95.0 Å². The second-order valence-electron chi connectivity index (χ2n) is 25.6. The highest BCUT2D eigenvalue weighted by Gasteiger charge is 2.44. The minimum atomic E-state index is -4.42. The standard InChI is InChI=1S/C23H30F3N3O4S.C19H24F3N3O2.C10H17NO4.C8H8F3N.C4H7ClO2S.ClH/c24-23(25,26)18-10-8-16(9-11-18)14-27-21(30)20-7-3-13-29(20)22(31)17-4-2-12-28(15-17)34(32,33)19-5-1-6-19;20-19(21,22)15-7-5-13(6-8-15)11-24-17(26)16-4-2-10-25(16)18(27)14-3-1-9-23-12-14;1-10(2,3)15-9(14)11-6-4-5-7(11)8(12)13;9-8(10,11)7-3-1-6(5-12)2-4-7;5-8(6,7)4-2-1-3-4;/h8-11,17,19-20H,1-7,12-15H2,(H,27,30);5-8,14,16,23H,1-4,9-12H2,(H,24,26);7H,4-6H2,1-3H3,(H,12,13);1-4H,5,12H2;4H,1-3H2;1H/t17-,20-;14-,16+;;;;/m10..../s1. The van der Waals surface area contributed by atoms with Crippen LogP contribution in [0.3, 0.4) is 0 Å². The molecule has 5 aliphatic heterocycles. The van der Waals surface area contributed by atoms with Crippen LogP contribution in [0.2, 0.25) is 0 Å². The van der Waals surface area contributed by atoms with Gasteiger partial charge in [-0.05, 0) is 170 Å². The van der Waals surface area contributed by atoms with E-state index in [4.69, 9.17) is 26.3 Å². The number of halogens is 11. The van der Waals surface area contributed by atoms with Crippen LogP contribution in [0, 0.1) is 11.8 Å². The zero-order valence-corrected chi connectivity index (χ0v) is 57.4. The van der Waals surface area contributed by atoms with E-state index >= 15 is 0 Å². The molecular weight excluding hydrogens is 1380 g/mol. The SMILES string of the molecule is CC(C)(C)OC(=O)N1CCCC1C(=O)O.Cl.NCc1ccc(C(F)(F)F)cc1.O=C(NCc1ccc(C(F)(F)F)cc1)[C@H]1CCCN1C(=O)[C@@H]1CCCN(S(=O)(=O)C2CCC2)C1.O=C(NCc1ccc(C(F)(F)F)cc1)[C@H]1CCCN1C(=O)[C@H]1CCCNC1.O=S(=O)(Cl)C1CCC1. The first-order valence-electron chi connectivity index (χ1n) is 32.1. The maximum Gasteiger partial charge on any atom is 0.416 e. The first-order valence-corrected chi connectivity index (χ1v) is 36.0. The third-order valence-corrected chi connectivity index (χ3v) is 21.9. The zero-order valence-electron chi connectivity index (χ0n) is 54.2. The van der Waals surface area contributed by atoms with Crippen molar-refractivity contribution in [2.24, 2.45) is 17.6 Å². The van der Waals surface area contributed by atoms with Crippen LogP contribution in [-0.2, 0) is 85.9 Å². The smallest absolute Gasteiger partial charge is 0.416 e. The third-order valence-electron chi connectivity index (χ3n) is 17.5.